The predicted molar refractivity (Wildman–Crippen MR) is 100 cm³/mol. The summed E-state index contributed by atoms with van der Waals surface area (Å²) in [6, 6.07) is 14.1. The van der Waals surface area contributed by atoms with Gasteiger partial charge in [-0.15, -0.1) is 11.3 Å². The first-order chi connectivity index (χ1) is 11.7. The van der Waals surface area contributed by atoms with Crippen molar-refractivity contribution >= 4 is 23.2 Å². The van der Waals surface area contributed by atoms with Crippen LogP contribution in [-0.2, 0) is 17.9 Å². The number of rotatable bonds is 7. The summed E-state index contributed by atoms with van der Waals surface area (Å²) in [5.74, 6) is 0.821. The Morgan fingerprint density at radius 2 is 1.96 bits per heavy atom. The van der Waals surface area contributed by atoms with E-state index in [0.29, 0.717) is 25.5 Å². The van der Waals surface area contributed by atoms with Gasteiger partial charge in [0.05, 0.1) is 6.54 Å². The molecule has 0 saturated heterocycles. The molecule has 24 heavy (non-hydrogen) atoms. The zero-order valence-electron chi connectivity index (χ0n) is 14.2. The molecule has 5 nitrogen and oxygen atoms in total. The zero-order chi connectivity index (χ0) is 17.2. The molecule has 128 valence electrons. The second kappa shape index (κ2) is 9.72. The summed E-state index contributed by atoms with van der Waals surface area (Å²) in [4.78, 5) is 19.4. The Labute approximate surface area is 147 Å². The minimum Gasteiger partial charge on any atom is -0.356 e. The molecule has 0 aliphatic rings. The number of guanidine groups is 1. The van der Waals surface area contributed by atoms with Gasteiger partial charge in [0.15, 0.2) is 5.96 Å². The lowest BCUT2D eigenvalue weighted by Crippen LogP contribution is -2.39. The molecular formula is C18H24N4OS. The first-order valence-electron chi connectivity index (χ1n) is 7.94. The third-order valence-electron chi connectivity index (χ3n) is 3.55. The van der Waals surface area contributed by atoms with Gasteiger partial charge in [-0.3, -0.25) is 9.79 Å². The first-order valence-corrected chi connectivity index (χ1v) is 8.82. The van der Waals surface area contributed by atoms with Crippen molar-refractivity contribution in [2.45, 2.75) is 19.5 Å². The highest BCUT2D eigenvalue weighted by Gasteiger charge is 2.09. The molecule has 0 unspecified atom stereocenters. The van der Waals surface area contributed by atoms with Crippen LogP contribution in [0.2, 0.25) is 0 Å². The molecule has 1 aromatic heterocycles. The Morgan fingerprint density at radius 1 is 1.17 bits per heavy atom. The van der Waals surface area contributed by atoms with Crippen molar-refractivity contribution in [2.75, 3.05) is 20.6 Å². The maximum Gasteiger partial charge on any atom is 0.224 e. The van der Waals surface area contributed by atoms with Crippen molar-refractivity contribution in [1.82, 2.24) is 15.5 Å². The Kier molecular flexibility index (Phi) is 7.29. The van der Waals surface area contributed by atoms with Crippen molar-refractivity contribution < 1.29 is 4.79 Å². The van der Waals surface area contributed by atoms with Gasteiger partial charge in [0.1, 0.15) is 0 Å². The Hall–Kier alpha value is -2.34. The van der Waals surface area contributed by atoms with Gasteiger partial charge in [-0.2, -0.15) is 0 Å². The molecule has 0 bridgehead atoms. The molecule has 1 amide bonds. The van der Waals surface area contributed by atoms with Crippen molar-refractivity contribution in [3.8, 4) is 0 Å². The van der Waals surface area contributed by atoms with Crippen LogP contribution >= 0.6 is 11.3 Å². The number of hydrogen-bond donors (Lipinski definition) is 2. The lowest BCUT2D eigenvalue weighted by atomic mass is 10.2. The van der Waals surface area contributed by atoms with Crippen molar-refractivity contribution in [3.05, 3.63) is 58.3 Å². The second-order valence-corrected chi connectivity index (χ2v) is 6.45. The highest BCUT2D eigenvalue weighted by Crippen LogP contribution is 2.07. The van der Waals surface area contributed by atoms with Gasteiger partial charge in [-0.05, 0) is 17.0 Å². The number of aliphatic imine (C=N–C) groups is 1. The molecule has 0 atom stereocenters. The minimum atomic E-state index is 0.111. The van der Waals surface area contributed by atoms with Gasteiger partial charge in [0.2, 0.25) is 5.91 Å². The van der Waals surface area contributed by atoms with E-state index in [9.17, 15) is 4.79 Å². The van der Waals surface area contributed by atoms with Crippen LogP contribution in [0.5, 0.6) is 0 Å². The molecule has 2 rings (SSSR count). The summed E-state index contributed by atoms with van der Waals surface area (Å²) in [5, 5.41) is 8.47. The molecule has 1 heterocycles. The van der Waals surface area contributed by atoms with Gasteiger partial charge in [0.25, 0.3) is 0 Å². The number of hydrogen-bond acceptors (Lipinski definition) is 3. The number of nitrogens with zero attached hydrogens (tertiary/aromatic N) is 2. The van der Waals surface area contributed by atoms with E-state index < -0.39 is 0 Å². The number of carbonyl (C=O) groups excluding carboxylic acids is 1. The largest absolute Gasteiger partial charge is 0.356 e. The highest BCUT2D eigenvalue weighted by atomic mass is 32.1. The molecule has 6 heteroatoms. The fraction of sp³-hybridized carbons (Fsp3) is 0.333. The molecule has 2 aromatic rings. The third kappa shape index (κ3) is 6.04. The van der Waals surface area contributed by atoms with E-state index in [0.717, 1.165) is 12.1 Å². The van der Waals surface area contributed by atoms with E-state index >= 15 is 0 Å². The maximum atomic E-state index is 12.2. The van der Waals surface area contributed by atoms with Crippen LogP contribution in [0.3, 0.4) is 0 Å². The molecule has 0 radical (unpaired) electrons. The third-order valence-corrected chi connectivity index (χ3v) is 4.43. The number of nitrogens with one attached hydrogen (secondary N) is 2. The average molecular weight is 344 g/mol. The molecule has 0 aliphatic heterocycles. The summed E-state index contributed by atoms with van der Waals surface area (Å²) in [5.41, 5.74) is 1.13. The molecule has 0 spiro atoms. The van der Waals surface area contributed by atoms with Crippen molar-refractivity contribution in [2.24, 2.45) is 4.99 Å². The molecule has 0 fully saturated rings. The highest BCUT2D eigenvalue weighted by molar-refractivity contribution is 7.09. The van der Waals surface area contributed by atoms with E-state index in [1.165, 1.54) is 4.88 Å². The fourth-order valence-corrected chi connectivity index (χ4v) is 2.87. The summed E-state index contributed by atoms with van der Waals surface area (Å²) >= 11 is 1.70. The predicted octanol–water partition coefficient (Wildman–Crippen LogP) is 2.46. The Morgan fingerprint density at radius 3 is 2.62 bits per heavy atom. The van der Waals surface area contributed by atoms with Crippen LogP contribution in [0.4, 0.5) is 0 Å². The van der Waals surface area contributed by atoms with Gasteiger partial charge < -0.3 is 15.5 Å². The Bertz CT molecular complexity index is 640. The smallest absolute Gasteiger partial charge is 0.224 e. The summed E-state index contributed by atoms with van der Waals surface area (Å²) in [7, 11) is 3.56. The van der Waals surface area contributed by atoms with Crippen molar-refractivity contribution in [3.63, 3.8) is 0 Å². The lowest BCUT2D eigenvalue weighted by Gasteiger charge is -2.18. The zero-order valence-corrected chi connectivity index (χ0v) is 15.0. The van der Waals surface area contributed by atoms with E-state index in [1.807, 2.05) is 43.4 Å². The first kappa shape index (κ1) is 18.0. The molecule has 0 saturated carbocycles. The SMILES string of the molecule is CN=C(NCCC(=O)N(C)Cc1ccccc1)NCc1cccs1. The van der Waals surface area contributed by atoms with Crippen LogP contribution in [0.15, 0.2) is 52.8 Å². The summed E-state index contributed by atoms with van der Waals surface area (Å²) in [6.45, 7) is 1.92. The van der Waals surface area contributed by atoms with Crippen LogP contribution < -0.4 is 10.6 Å². The molecule has 1 aromatic carbocycles. The number of thiophene rings is 1. The molecular weight excluding hydrogens is 320 g/mol. The van der Waals surface area contributed by atoms with Crippen LogP contribution in [0.1, 0.15) is 16.9 Å². The van der Waals surface area contributed by atoms with E-state index in [-0.39, 0.29) is 5.91 Å². The standard InChI is InChI=1S/C18H24N4OS/c1-19-18(21-13-16-9-6-12-24-16)20-11-10-17(23)22(2)14-15-7-4-3-5-8-15/h3-9,12H,10-11,13-14H2,1-2H3,(H2,19,20,21). The fourth-order valence-electron chi connectivity index (χ4n) is 2.23. The maximum absolute atomic E-state index is 12.2. The summed E-state index contributed by atoms with van der Waals surface area (Å²) in [6.07, 6.45) is 0.434. The van der Waals surface area contributed by atoms with Gasteiger partial charge in [0, 0.05) is 38.5 Å². The average Bonchev–Trinajstić information content (AvgIpc) is 3.12. The minimum absolute atomic E-state index is 0.111. The Balaban J connectivity index is 1.68. The van der Waals surface area contributed by atoms with Gasteiger partial charge >= 0.3 is 0 Å². The van der Waals surface area contributed by atoms with Crippen molar-refractivity contribution in [1.29, 1.82) is 0 Å². The summed E-state index contributed by atoms with van der Waals surface area (Å²) < 4.78 is 0. The number of carbonyl (C=O) groups is 1. The van der Waals surface area contributed by atoms with E-state index in [1.54, 1.807) is 23.3 Å². The second-order valence-electron chi connectivity index (χ2n) is 5.42. The monoisotopic (exact) mass is 344 g/mol. The van der Waals surface area contributed by atoms with E-state index in [4.69, 9.17) is 0 Å². The normalized spacial score (nSPS) is 11.2. The number of amides is 1. The van der Waals surface area contributed by atoms with Crippen LogP contribution in [0, 0.1) is 0 Å². The van der Waals surface area contributed by atoms with Crippen LogP contribution in [-0.4, -0.2) is 37.4 Å². The van der Waals surface area contributed by atoms with E-state index in [2.05, 4.69) is 27.1 Å². The van der Waals surface area contributed by atoms with Gasteiger partial charge in [-0.25, -0.2) is 0 Å². The quantitative estimate of drug-likeness (QED) is 0.599. The lowest BCUT2D eigenvalue weighted by molar-refractivity contribution is -0.130. The molecule has 0 aliphatic carbocycles. The number of benzene rings is 1. The van der Waals surface area contributed by atoms with Crippen LogP contribution in [0.25, 0.3) is 0 Å². The van der Waals surface area contributed by atoms with Gasteiger partial charge in [-0.1, -0.05) is 36.4 Å². The topological polar surface area (TPSA) is 56.7 Å². The molecule has 2 N–H and O–H groups in total.